The first kappa shape index (κ1) is 11.4. The van der Waals surface area contributed by atoms with Crippen LogP contribution in [0.5, 0.6) is 5.75 Å². The first-order valence-electron chi connectivity index (χ1n) is 5.50. The molecule has 4 heteroatoms. The van der Waals surface area contributed by atoms with Crippen LogP contribution < -0.4 is 15.0 Å². The number of rotatable bonds is 5. The maximum Gasteiger partial charge on any atom is 0.119 e. The van der Waals surface area contributed by atoms with E-state index < -0.39 is 0 Å². The Balaban J connectivity index is 1.93. The van der Waals surface area contributed by atoms with Crippen molar-refractivity contribution in [2.24, 2.45) is 0 Å². The van der Waals surface area contributed by atoms with Crippen LogP contribution in [0.3, 0.4) is 0 Å². The van der Waals surface area contributed by atoms with Crippen LogP contribution in [-0.4, -0.2) is 6.61 Å². The van der Waals surface area contributed by atoms with Gasteiger partial charge in [0.05, 0.1) is 12.3 Å². The molecule has 2 N–H and O–H groups in total. The van der Waals surface area contributed by atoms with E-state index in [9.17, 15) is 0 Å². The molecule has 0 amide bonds. The molecule has 16 heavy (non-hydrogen) atoms. The number of hydrogen-bond acceptors (Lipinski definition) is 4. The van der Waals surface area contributed by atoms with Gasteiger partial charge in [0.15, 0.2) is 0 Å². The first-order valence-corrected chi connectivity index (χ1v) is 6.38. The Morgan fingerprint density at radius 1 is 1.25 bits per heavy atom. The molecule has 0 radical (unpaired) electrons. The fourth-order valence-corrected chi connectivity index (χ4v) is 1.95. The summed E-state index contributed by atoms with van der Waals surface area (Å²) in [6.07, 6.45) is 2.27. The predicted molar refractivity (Wildman–Crippen MR) is 68.7 cm³/mol. The molecule has 0 saturated carbocycles. The van der Waals surface area contributed by atoms with E-state index in [4.69, 9.17) is 4.74 Å². The fraction of sp³-hybridized carbons (Fsp3) is 0.333. The standard InChI is InChI=1S/C12H16N2OS/c1-2-3-8-15-11-6-4-10(5-7-11)12-9-16-14-13-12/h4-7,9,13-14H,2-3,8H2,1H3. The predicted octanol–water partition coefficient (Wildman–Crippen LogP) is 2.92. The second-order valence-corrected chi connectivity index (χ2v) is 4.28. The Kier molecular flexibility index (Phi) is 4.13. The van der Waals surface area contributed by atoms with Gasteiger partial charge in [0, 0.05) is 5.41 Å². The van der Waals surface area contributed by atoms with Gasteiger partial charge in [-0.25, -0.2) is 0 Å². The Labute approximate surface area is 100 Å². The van der Waals surface area contributed by atoms with Crippen molar-refractivity contribution in [3.05, 3.63) is 35.2 Å². The largest absolute Gasteiger partial charge is 0.494 e. The Morgan fingerprint density at radius 3 is 2.69 bits per heavy atom. The van der Waals surface area contributed by atoms with Gasteiger partial charge >= 0.3 is 0 Å². The Morgan fingerprint density at radius 2 is 2.06 bits per heavy atom. The molecule has 0 atom stereocenters. The molecule has 1 aromatic carbocycles. The summed E-state index contributed by atoms with van der Waals surface area (Å²) in [7, 11) is 0. The number of hydrogen-bond donors (Lipinski definition) is 2. The van der Waals surface area contributed by atoms with Gasteiger partial charge in [-0.15, -0.1) is 0 Å². The lowest BCUT2D eigenvalue weighted by Gasteiger charge is -2.07. The minimum Gasteiger partial charge on any atom is -0.494 e. The molecular weight excluding hydrogens is 220 g/mol. The molecule has 1 aromatic rings. The van der Waals surface area contributed by atoms with Gasteiger partial charge in [-0.05, 0) is 48.2 Å². The smallest absolute Gasteiger partial charge is 0.119 e. The SMILES string of the molecule is CCCCOc1ccc(C2=CSNN2)cc1. The molecule has 0 aromatic heterocycles. The quantitative estimate of drug-likeness (QED) is 0.608. The molecule has 1 heterocycles. The number of ether oxygens (including phenoxy) is 1. The van der Waals surface area contributed by atoms with Crippen LogP contribution in [0.15, 0.2) is 29.7 Å². The summed E-state index contributed by atoms with van der Waals surface area (Å²) in [6.45, 7) is 2.96. The highest BCUT2D eigenvalue weighted by molar-refractivity contribution is 8.00. The summed E-state index contributed by atoms with van der Waals surface area (Å²) in [5.74, 6) is 0.941. The molecule has 0 spiro atoms. The van der Waals surface area contributed by atoms with Crippen molar-refractivity contribution in [2.75, 3.05) is 6.61 Å². The third kappa shape index (κ3) is 2.93. The number of unbranched alkanes of at least 4 members (excludes halogenated alkanes) is 1. The molecule has 0 aliphatic carbocycles. The lowest BCUT2D eigenvalue weighted by Crippen LogP contribution is -2.17. The van der Waals surface area contributed by atoms with E-state index in [0.717, 1.165) is 30.9 Å². The van der Waals surface area contributed by atoms with Crippen LogP contribution in [0.25, 0.3) is 5.70 Å². The van der Waals surface area contributed by atoms with Crippen molar-refractivity contribution >= 4 is 17.6 Å². The van der Waals surface area contributed by atoms with Gasteiger partial charge in [-0.2, -0.15) is 4.83 Å². The zero-order valence-electron chi connectivity index (χ0n) is 9.32. The van der Waals surface area contributed by atoms with Gasteiger partial charge in [0.2, 0.25) is 0 Å². The minimum atomic E-state index is 0.800. The third-order valence-electron chi connectivity index (χ3n) is 2.35. The topological polar surface area (TPSA) is 33.3 Å². The molecular formula is C12H16N2OS. The summed E-state index contributed by atoms with van der Waals surface area (Å²) in [6, 6.07) is 8.15. The van der Waals surface area contributed by atoms with Crippen LogP contribution in [0, 0.1) is 0 Å². The Hall–Kier alpha value is -1.13. The van der Waals surface area contributed by atoms with Crippen molar-refractivity contribution in [3.63, 3.8) is 0 Å². The van der Waals surface area contributed by atoms with Crippen LogP contribution >= 0.6 is 11.9 Å². The number of hydrazine groups is 1. The highest BCUT2D eigenvalue weighted by Gasteiger charge is 2.05. The molecule has 86 valence electrons. The zero-order valence-corrected chi connectivity index (χ0v) is 10.1. The highest BCUT2D eigenvalue weighted by atomic mass is 32.2. The van der Waals surface area contributed by atoms with Crippen LogP contribution in [0.1, 0.15) is 25.3 Å². The lowest BCUT2D eigenvalue weighted by molar-refractivity contribution is 0.309. The molecule has 0 unspecified atom stereocenters. The third-order valence-corrected chi connectivity index (χ3v) is 2.93. The van der Waals surface area contributed by atoms with Crippen molar-refractivity contribution in [1.82, 2.24) is 10.3 Å². The molecule has 1 aliphatic heterocycles. The normalized spacial score (nSPS) is 14.4. The fourth-order valence-electron chi connectivity index (χ4n) is 1.41. The highest BCUT2D eigenvalue weighted by Crippen LogP contribution is 2.21. The van der Waals surface area contributed by atoms with E-state index in [-0.39, 0.29) is 0 Å². The van der Waals surface area contributed by atoms with E-state index in [1.165, 1.54) is 5.56 Å². The van der Waals surface area contributed by atoms with Crippen molar-refractivity contribution in [1.29, 1.82) is 0 Å². The maximum atomic E-state index is 5.60. The molecule has 1 aliphatic rings. The van der Waals surface area contributed by atoms with E-state index in [1.54, 1.807) is 11.9 Å². The average molecular weight is 236 g/mol. The van der Waals surface area contributed by atoms with Gasteiger partial charge < -0.3 is 10.2 Å². The summed E-state index contributed by atoms with van der Waals surface area (Å²) in [5, 5.41) is 2.05. The van der Waals surface area contributed by atoms with Gasteiger partial charge in [0.1, 0.15) is 5.75 Å². The second-order valence-electron chi connectivity index (χ2n) is 3.60. The van der Waals surface area contributed by atoms with Gasteiger partial charge in [-0.1, -0.05) is 13.3 Å². The Bertz CT molecular complexity index is 362. The second kappa shape index (κ2) is 5.82. The molecule has 0 saturated heterocycles. The molecule has 0 fully saturated rings. The summed E-state index contributed by atoms with van der Waals surface area (Å²) < 4.78 is 5.60. The average Bonchev–Trinajstić information content (AvgIpc) is 2.84. The van der Waals surface area contributed by atoms with E-state index in [0.29, 0.717) is 0 Å². The van der Waals surface area contributed by atoms with Crippen molar-refractivity contribution < 1.29 is 4.74 Å². The van der Waals surface area contributed by atoms with Crippen molar-refractivity contribution in [3.8, 4) is 5.75 Å². The summed E-state index contributed by atoms with van der Waals surface area (Å²) in [5.41, 5.74) is 5.35. The zero-order chi connectivity index (χ0) is 11.2. The number of benzene rings is 1. The number of nitrogens with one attached hydrogen (secondary N) is 2. The first-order chi connectivity index (χ1) is 7.90. The van der Waals surface area contributed by atoms with Crippen LogP contribution in [-0.2, 0) is 0 Å². The lowest BCUT2D eigenvalue weighted by atomic mass is 10.2. The minimum absolute atomic E-state index is 0.800. The van der Waals surface area contributed by atoms with E-state index >= 15 is 0 Å². The maximum absolute atomic E-state index is 5.60. The molecule has 0 bridgehead atoms. The van der Waals surface area contributed by atoms with Crippen LogP contribution in [0.2, 0.25) is 0 Å². The van der Waals surface area contributed by atoms with Gasteiger partial charge in [-0.3, -0.25) is 0 Å². The summed E-state index contributed by atoms with van der Waals surface area (Å²) >= 11 is 1.54. The summed E-state index contributed by atoms with van der Waals surface area (Å²) in [4.78, 5) is 2.97. The van der Waals surface area contributed by atoms with Crippen LogP contribution in [0.4, 0.5) is 0 Å². The molecule has 3 nitrogen and oxygen atoms in total. The van der Waals surface area contributed by atoms with Gasteiger partial charge in [0.25, 0.3) is 0 Å². The van der Waals surface area contributed by atoms with E-state index in [2.05, 4.69) is 29.3 Å². The monoisotopic (exact) mass is 236 g/mol. The van der Waals surface area contributed by atoms with E-state index in [1.807, 2.05) is 17.5 Å². The molecule has 2 rings (SSSR count). The van der Waals surface area contributed by atoms with Crippen molar-refractivity contribution in [2.45, 2.75) is 19.8 Å².